The summed E-state index contributed by atoms with van der Waals surface area (Å²) in [6.07, 6.45) is 0.650. The molecule has 88 valence electrons. The van der Waals surface area contributed by atoms with Crippen LogP contribution in [0.4, 0.5) is 4.79 Å². The van der Waals surface area contributed by atoms with Gasteiger partial charge in [0.2, 0.25) is 5.91 Å². The molecule has 3 amide bonds. The highest BCUT2D eigenvalue weighted by atomic mass is 16.2. The predicted molar refractivity (Wildman–Crippen MR) is 58.4 cm³/mol. The SMILES string of the molecule is CCC(NCCNC(=O)N(C)C)C(N)=O. The number of nitrogens with two attached hydrogens (primary N) is 1. The Labute approximate surface area is 90.2 Å². The first-order chi connectivity index (χ1) is 6.99. The Morgan fingerprint density at radius 1 is 1.33 bits per heavy atom. The van der Waals surface area contributed by atoms with Gasteiger partial charge in [0.15, 0.2) is 0 Å². The minimum absolute atomic E-state index is 0.149. The Morgan fingerprint density at radius 2 is 1.93 bits per heavy atom. The van der Waals surface area contributed by atoms with Crippen molar-refractivity contribution in [3.8, 4) is 0 Å². The van der Waals surface area contributed by atoms with Crippen molar-refractivity contribution < 1.29 is 9.59 Å². The van der Waals surface area contributed by atoms with E-state index in [9.17, 15) is 9.59 Å². The first kappa shape index (κ1) is 13.7. The number of urea groups is 1. The van der Waals surface area contributed by atoms with Crippen LogP contribution in [0, 0.1) is 0 Å². The normalized spacial score (nSPS) is 11.9. The van der Waals surface area contributed by atoms with Crippen molar-refractivity contribution in [1.82, 2.24) is 15.5 Å². The first-order valence-electron chi connectivity index (χ1n) is 4.96. The van der Waals surface area contributed by atoms with E-state index in [4.69, 9.17) is 5.73 Å². The highest BCUT2D eigenvalue weighted by molar-refractivity contribution is 5.79. The number of rotatable bonds is 6. The minimum Gasteiger partial charge on any atom is -0.368 e. The molecule has 1 atom stereocenters. The maximum atomic E-state index is 11.1. The Bertz CT molecular complexity index is 218. The average Bonchev–Trinajstić information content (AvgIpc) is 2.16. The van der Waals surface area contributed by atoms with Crippen LogP contribution in [0.5, 0.6) is 0 Å². The molecule has 0 aliphatic carbocycles. The molecule has 0 spiro atoms. The van der Waals surface area contributed by atoms with Gasteiger partial charge in [-0.25, -0.2) is 4.79 Å². The van der Waals surface area contributed by atoms with Gasteiger partial charge in [0.1, 0.15) is 0 Å². The number of nitrogens with zero attached hydrogens (tertiary/aromatic N) is 1. The van der Waals surface area contributed by atoms with Gasteiger partial charge in [-0.05, 0) is 6.42 Å². The summed E-state index contributed by atoms with van der Waals surface area (Å²) in [4.78, 5) is 23.4. The van der Waals surface area contributed by atoms with Gasteiger partial charge in [0.05, 0.1) is 6.04 Å². The number of primary amides is 1. The third-order valence-electron chi connectivity index (χ3n) is 1.95. The zero-order valence-corrected chi connectivity index (χ0v) is 9.54. The van der Waals surface area contributed by atoms with Gasteiger partial charge >= 0.3 is 6.03 Å². The number of carbonyl (C=O) groups excluding carboxylic acids is 2. The third kappa shape index (κ3) is 5.90. The molecule has 0 saturated heterocycles. The van der Waals surface area contributed by atoms with Crippen molar-refractivity contribution in [3.05, 3.63) is 0 Å². The molecule has 0 aromatic heterocycles. The van der Waals surface area contributed by atoms with Gasteiger partial charge < -0.3 is 21.3 Å². The molecule has 0 rings (SSSR count). The summed E-state index contributed by atoms with van der Waals surface area (Å²) in [6.45, 7) is 2.88. The summed E-state index contributed by atoms with van der Waals surface area (Å²) in [6, 6.07) is -0.467. The fraction of sp³-hybridized carbons (Fsp3) is 0.778. The number of amides is 3. The van der Waals surface area contributed by atoms with Crippen molar-refractivity contribution >= 4 is 11.9 Å². The third-order valence-corrected chi connectivity index (χ3v) is 1.95. The summed E-state index contributed by atoms with van der Waals surface area (Å²) in [5.41, 5.74) is 5.14. The second kappa shape index (κ2) is 7.05. The Balaban J connectivity index is 3.61. The van der Waals surface area contributed by atoms with Crippen LogP contribution in [0.3, 0.4) is 0 Å². The molecule has 0 aromatic rings. The molecule has 0 aromatic carbocycles. The van der Waals surface area contributed by atoms with Crippen molar-refractivity contribution in [2.75, 3.05) is 27.2 Å². The van der Waals surface area contributed by atoms with Crippen molar-refractivity contribution in [3.63, 3.8) is 0 Å². The highest BCUT2D eigenvalue weighted by Crippen LogP contribution is 1.87. The molecule has 15 heavy (non-hydrogen) atoms. The molecular weight excluding hydrogens is 196 g/mol. The molecule has 1 unspecified atom stereocenters. The number of carbonyl (C=O) groups is 2. The highest BCUT2D eigenvalue weighted by Gasteiger charge is 2.10. The Morgan fingerprint density at radius 3 is 2.33 bits per heavy atom. The fourth-order valence-electron chi connectivity index (χ4n) is 1.02. The van der Waals surface area contributed by atoms with Crippen LogP contribution >= 0.6 is 0 Å². The second-order valence-electron chi connectivity index (χ2n) is 3.44. The van der Waals surface area contributed by atoms with E-state index in [2.05, 4.69) is 10.6 Å². The molecule has 4 N–H and O–H groups in total. The van der Waals surface area contributed by atoms with E-state index in [0.717, 1.165) is 0 Å². The van der Waals surface area contributed by atoms with Gasteiger partial charge in [0.25, 0.3) is 0 Å². The van der Waals surface area contributed by atoms with Crippen LogP contribution < -0.4 is 16.4 Å². The number of hydrogen-bond acceptors (Lipinski definition) is 3. The lowest BCUT2D eigenvalue weighted by Gasteiger charge is -2.15. The van der Waals surface area contributed by atoms with Crippen molar-refractivity contribution in [1.29, 1.82) is 0 Å². The summed E-state index contributed by atoms with van der Waals surface area (Å²) in [5, 5.41) is 5.63. The van der Waals surface area contributed by atoms with Crippen LogP contribution in [0.15, 0.2) is 0 Å². The smallest absolute Gasteiger partial charge is 0.316 e. The molecular formula is C9H20N4O2. The van der Waals surface area contributed by atoms with E-state index >= 15 is 0 Å². The van der Waals surface area contributed by atoms with Gasteiger partial charge in [-0.1, -0.05) is 6.92 Å². The predicted octanol–water partition coefficient (Wildman–Crippen LogP) is -0.889. The second-order valence-corrected chi connectivity index (χ2v) is 3.44. The molecule has 0 heterocycles. The Kier molecular flexibility index (Phi) is 6.44. The average molecular weight is 216 g/mol. The quantitative estimate of drug-likeness (QED) is 0.503. The monoisotopic (exact) mass is 216 g/mol. The molecule has 0 aliphatic heterocycles. The van der Waals surface area contributed by atoms with E-state index in [1.54, 1.807) is 14.1 Å². The molecule has 0 radical (unpaired) electrons. The standard InChI is InChI=1S/C9H20N4O2/c1-4-7(8(10)14)11-5-6-12-9(15)13(2)3/h7,11H,4-6H2,1-3H3,(H2,10,14)(H,12,15). The van der Waals surface area contributed by atoms with Crippen LogP contribution in [-0.2, 0) is 4.79 Å². The minimum atomic E-state index is -0.364. The molecule has 6 nitrogen and oxygen atoms in total. The summed E-state index contributed by atoms with van der Waals surface area (Å²) < 4.78 is 0. The summed E-state index contributed by atoms with van der Waals surface area (Å²) in [5.74, 6) is -0.364. The van der Waals surface area contributed by atoms with Crippen molar-refractivity contribution in [2.45, 2.75) is 19.4 Å². The van der Waals surface area contributed by atoms with Crippen molar-refractivity contribution in [2.24, 2.45) is 5.73 Å². The molecule has 0 bridgehead atoms. The van der Waals surface area contributed by atoms with E-state index in [1.807, 2.05) is 6.92 Å². The van der Waals surface area contributed by atoms with E-state index in [1.165, 1.54) is 4.90 Å². The fourth-order valence-corrected chi connectivity index (χ4v) is 1.02. The zero-order valence-electron chi connectivity index (χ0n) is 9.54. The lowest BCUT2D eigenvalue weighted by Crippen LogP contribution is -2.45. The maximum Gasteiger partial charge on any atom is 0.316 e. The van der Waals surface area contributed by atoms with Crippen LogP contribution in [-0.4, -0.2) is 50.1 Å². The zero-order chi connectivity index (χ0) is 11.8. The molecule has 6 heteroatoms. The van der Waals surface area contributed by atoms with E-state index < -0.39 is 0 Å². The summed E-state index contributed by atoms with van der Waals surface area (Å²) >= 11 is 0. The first-order valence-corrected chi connectivity index (χ1v) is 4.96. The van der Waals surface area contributed by atoms with Crippen LogP contribution in [0.25, 0.3) is 0 Å². The van der Waals surface area contributed by atoms with Gasteiger partial charge in [-0.2, -0.15) is 0 Å². The largest absolute Gasteiger partial charge is 0.368 e. The van der Waals surface area contributed by atoms with Gasteiger partial charge in [-0.15, -0.1) is 0 Å². The van der Waals surface area contributed by atoms with Crippen LogP contribution in [0.1, 0.15) is 13.3 Å². The molecule has 0 aliphatic rings. The number of nitrogens with one attached hydrogen (secondary N) is 2. The van der Waals surface area contributed by atoms with Gasteiger partial charge in [-0.3, -0.25) is 4.79 Å². The van der Waals surface area contributed by atoms with Crippen LogP contribution in [0.2, 0.25) is 0 Å². The summed E-state index contributed by atoms with van der Waals surface area (Å²) in [7, 11) is 3.34. The molecule has 0 saturated carbocycles. The van der Waals surface area contributed by atoms with E-state index in [-0.39, 0.29) is 18.0 Å². The lowest BCUT2D eigenvalue weighted by molar-refractivity contribution is -0.120. The number of hydrogen-bond donors (Lipinski definition) is 3. The van der Waals surface area contributed by atoms with Gasteiger partial charge in [0, 0.05) is 27.2 Å². The Hall–Kier alpha value is -1.30. The molecule has 0 fully saturated rings. The lowest BCUT2D eigenvalue weighted by atomic mass is 10.2. The maximum absolute atomic E-state index is 11.1. The topological polar surface area (TPSA) is 87.5 Å². The van der Waals surface area contributed by atoms with E-state index in [0.29, 0.717) is 19.5 Å².